The zero-order chi connectivity index (χ0) is 10.3. The predicted molar refractivity (Wildman–Crippen MR) is 44.4 cm³/mol. The maximum absolute atomic E-state index is 10.0. The summed E-state index contributed by atoms with van der Waals surface area (Å²) in [4.78, 5) is 19.6. The van der Waals surface area contributed by atoms with E-state index in [1.54, 1.807) is 0 Å². The Bertz CT molecular complexity index is 189. The standard InChI is InChI=1S/C4H6O3.C4H6O2/c5-4-6-2-1-3-7-4;1-3(2)4(5)6/h1-3H2;1H2,2H3,(H,5,6). The molecular weight excluding hydrogens is 176 g/mol. The van der Waals surface area contributed by atoms with E-state index in [1.165, 1.54) is 6.92 Å². The molecule has 1 aliphatic heterocycles. The molecule has 0 bridgehead atoms. The molecule has 0 aromatic carbocycles. The number of hydrogen-bond acceptors (Lipinski definition) is 4. The second-order valence-corrected chi connectivity index (χ2v) is 2.39. The highest BCUT2D eigenvalue weighted by Crippen LogP contribution is 1.95. The molecule has 5 nitrogen and oxygen atoms in total. The molecule has 1 rings (SSSR count). The van der Waals surface area contributed by atoms with E-state index in [2.05, 4.69) is 16.1 Å². The lowest BCUT2D eigenvalue weighted by molar-refractivity contribution is -0.132. The van der Waals surface area contributed by atoms with Crippen LogP contribution in [0.5, 0.6) is 0 Å². The monoisotopic (exact) mass is 188 g/mol. The van der Waals surface area contributed by atoms with Crippen molar-refractivity contribution in [3.63, 3.8) is 0 Å². The van der Waals surface area contributed by atoms with Gasteiger partial charge < -0.3 is 14.6 Å². The van der Waals surface area contributed by atoms with Crippen molar-refractivity contribution in [3.05, 3.63) is 12.2 Å². The Balaban J connectivity index is 0.000000226. The summed E-state index contributed by atoms with van der Waals surface area (Å²) >= 11 is 0. The van der Waals surface area contributed by atoms with Gasteiger partial charge in [-0.2, -0.15) is 0 Å². The van der Waals surface area contributed by atoms with Crippen molar-refractivity contribution in [2.45, 2.75) is 13.3 Å². The third-order valence-electron chi connectivity index (χ3n) is 1.09. The molecule has 13 heavy (non-hydrogen) atoms. The van der Waals surface area contributed by atoms with Gasteiger partial charge in [-0.25, -0.2) is 9.59 Å². The van der Waals surface area contributed by atoms with Gasteiger partial charge in [-0.05, 0) is 6.92 Å². The van der Waals surface area contributed by atoms with E-state index in [9.17, 15) is 9.59 Å². The van der Waals surface area contributed by atoms with Gasteiger partial charge in [-0.3, -0.25) is 0 Å². The molecule has 0 aromatic rings. The Morgan fingerprint density at radius 2 is 1.85 bits per heavy atom. The Morgan fingerprint density at radius 3 is 2.00 bits per heavy atom. The van der Waals surface area contributed by atoms with Gasteiger partial charge in [0, 0.05) is 12.0 Å². The van der Waals surface area contributed by atoms with Gasteiger partial charge in [0.15, 0.2) is 0 Å². The Morgan fingerprint density at radius 1 is 1.46 bits per heavy atom. The van der Waals surface area contributed by atoms with Gasteiger partial charge in [-0.1, -0.05) is 6.58 Å². The van der Waals surface area contributed by atoms with Crippen molar-refractivity contribution in [3.8, 4) is 0 Å². The third kappa shape index (κ3) is 6.86. The molecule has 0 aliphatic carbocycles. The number of ether oxygens (including phenoxy) is 2. The number of carboxylic acids is 1. The van der Waals surface area contributed by atoms with Crippen molar-refractivity contribution in [1.29, 1.82) is 0 Å². The molecule has 0 radical (unpaired) electrons. The minimum atomic E-state index is -0.935. The van der Waals surface area contributed by atoms with Gasteiger partial charge in [0.25, 0.3) is 0 Å². The minimum Gasteiger partial charge on any atom is -0.478 e. The first-order valence-electron chi connectivity index (χ1n) is 3.72. The molecule has 0 amide bonds. The fourth-order valence-corrected chi connectivity index (χ4v) is 0.412. The van der Waals surface area contributed by atoms with Crippen LogP contribution in [0.15, 0.2) is 12.2 Å². The summed E-state index contributed by atoms with van der Waals surface area (Å²) in [6.07, 6.45) is 0.289. The van der Waals surface area contributed by atoms with E-state index in [0.717, 1.165) is 6.42 Å². The lowest BCUT2D eigenvalue weighted by Crippen LogP contribution is -2.16. The first-order chi connectivity index (χ1) is 6.04. The Hall–Kier alpha value is -1.52. The third-order valence-corrected chi connectivity index (χ3v) is 1.09. The molecule has 1 aliphatic rings. The fourth-order valence-electron chi connectivity index (χ4n) is 0.412. The van der Waals surface area contributed by atoms with Gasteiger partial charge in [0.1, 0.15) is 0 Å². The normalized spacial score (nSPS) is 14.4. The van der Waals surface area contributed by atoms with Gasteiger partial charge in [-0.15, -0.1) is 0 Å². The van der Waals surface area contributed by atoms with Gasteiger partial charge in [0.05, 0.1) is 13.2 Å². The van der Waals surface area contributed by atoms with Crippen LogP contribution in [0.1, 0.15) is 13.3 Å². The van der Waals surface area contributed by atoms with Crippen LogP contribution in [0, 0.1) is 0 Å². The van der Waals surface area contributed by atoms with Crippen LogP contribution in [0.4, 0.5) is 4.79 Å². The van der Waals surface area contributed by atoms with Crippen molar-refractivity contribution in [2.75, 3.05) is 13.2 Å². The zero-order valence-electron chi connectivity index (χ0n) is 7.41. The minimum absolute atomic E-state index is 0.176. The molecule has 0 atom stereocenters. The number of cyclic esters (lactones) is 2. The van der Waals surface area contributed by atoms with Crippen molar-refractivity contribution >= 4 is 12.1 Å². The van der Waals surface area contributed by atoms with E-state index in [1.807, 2.05) is 0 Å². The molecule has 1 fully saturated rings. The highest BCUT2D eigenvalue weighted by molar-refractivity contribution is 5.84. The predicted octanol–water partition coefficient (Wildman–Crippen LogP) is 1.19. The molecule has 1 heterocycles. The molecule has 0 saturated carbocycles. The maximum Gasteiger partial charge on any atom is 0.508 e. The van der Waals surface area contributed by atoms with Gasteiger partial charge >= 0.3 is 12.1 Å². The summed E-state index contributed by atoms with van der Waals surface area (Å²) in [5, 5.41) is 7.89. The van der Waals surface area contributed by atoms with Crippen LogP contribution < -0.4 is 0 Å². The van der Waals surface area contributed by atoms with E-state index in [-0.39, 0.29) is 5.57 Å². The summed E-state index contributed by atoms with van der Waals surface area (Å²) in [6, 6.07) is 0. The number of rotatable bonds is 1. The summed E-state index contributed by atoms with van der Waals surface area (Å²) in [5.74, 6) is -0.935. The largest absolute Gasteiger partial charge is 0.508 e. The van der Waals surface area contributed by atoms with Crippen molar-refractivity contribution < 1.29 is 24.2 Å². The topological polar surface area (TPSA) is 72.8 Å². The Labute approximate surface area is 75.9 Å². The van der Waals surface area contributed by atoms with Crippen LogP contribution in [0.3, 0.4) is 0 Å². The second-order valence-electron chi connectivity index (χ2n) is 2.39. The number of carbonyl (C=O) groups excluding carboxylic acids is 1. The van der Waals surface area contributed by atoms with E-state index >= 15 is 0 Å². The van der Waals surface area contributed by atoms with Crippen LogP contribution in [-0.4, -0.2) is 30.4 Å². The number of aliphatic carboxylic acids is 1. The summed E-state index contributed by atoms with van der Waals surface area (Å²) in [7, 11) is 0. The van der Waals surface area contributed by atoms with E-state index < -0.39 is 12.1 Å². The molecular formula is C8H12O5. The molecule has 0 unspecified atom stereocenters. The first-order valence-corrected chi connectivity index (χ1v) is 3.72. The van der Waals surface area contributed by atoms with Crippen LogP contribution >= 0.6 is 0 Å². The average molecular weight is 188 g/mol. The summed E-state index contributed by atoms with van der Waals surface area (Å²) < 4.78 is 8.83. The maximum atomic E-state index is 10.0. The van der Waals surface area contributed by atoms with Crippen molar-refractivity contribution in [2.24, 2.45) is 0 Å². The van der Waals surface area contributed by atoms with E-state index in [0.29, 0.717) is 13.2 Å². The molecule has 1 saturated heterocycles. The van der Waals surface area contributed by atoms with Crippen LogP contribution in [0.2, 0.25) is 0 Å². The average Bonchev–Trinajstić information content (AvgIpc) is 2.06. The fraction of sp³-hybridized carbons (Fsp3) is 0.500. The lowest BCUT2D eigenvalue weighted by atomic mass is 10.4. The molecule has 5 heteroatoms. The summed E-state index contributed by atoms with van der Waals surface area (Å²) in [6.45, 7) is 5.63. The highest BCUT2D eigenvalue weighted by atomic mass is 16.7. The second kappa shape index (κ2) is 6.05. The summed E-state index contributed by atoms with van der Waals surface area (Å²) in [5.41, 5.74) is 0.176. The molecule has 0 spiro atoms. The number of hydrogen-bond donors (Lipinski definition) is 1. The first kappa shape index (κ1) is 11.5. The number of carboxylic acid groups (broad SMARTS) is 1. The lowest BCUT2D eigenvalue weighted by Gasteiger charge is -2.09. The van der Waals surface area contributed by atoms with Crippen LogP contribution in [0.25, 0.3) is 0 Å². The SMILES string of the molecule is C=C(C)C(=O)O.O=C1OCCCO1. The number of carbonyl (C=O) groups is 2. The molecule has 74 valence electrons. The van der Waals surface area contributed by atoms with Gasteiger partial charge in [0.2, 0.25) is 0 Å². The molecule has 0 aromatic heterocycles. The Kier molecular flexibility index (Phi) is 5.34. The zero-order valence-corrected chi connectivity index (χ0v) is 7.41. The van der Waals surface area contributed by atoms with Crippen LogP contribution in [-0.2, 0) is 14.3 Å². The molecule has 1 N–H and O–H groups in total. The smallest absolute Gasteiger partial charge is 0.478 e. The quantitative estimate of drug-likeness (QED) is 0.494. The highest BCUT2D eigenvalue weighted by Gasteiger charge is 2.07. The van der Waals surface area contributed by atoms with Crippen molar-refractivity contribution in [1.82, 2.24) is 0 Å². The van der Waals surface area contributed by atoms with E-state index in [4.69, 9.17) is 5.11 Å².